The first-order chi connectivity index (χ1) is 27.8. The van der Waals surface area contributed by atoms with Crippen molar-refractivity contribution in [2.75, 3.05) is 45.7 Å². The SMILES string of the molecule is CC(=O)OCC1(C)C=C2C(=O)[C@@H](C)C3(CC3)C(C)=C2C1OC(=O)N(C)CCN(C)C(=O)OCc1ccc(NC(=O)[C@H](CCCN[C@@H]2OC2N)NC(=O)[C@@H](N)C(C)C)cc1. The van der Waals surface area contributed by atoms with E-state index >= 15 is 0 Å². The molecule has 1 heterocycles. The van der Waals surface area contributed by atoms with Crippen molar-refractivity contribution < 1.29 is 47.7 Å². The number of benzene rings is 1. The lowest BCUT2D eigenvalue weighted by Gasteiger charge is -2.36. The third-order valence-electron chi connectivity index (χ3n) is 12.0. The van der Waals surface area contributed by atoms with Crippen LogP contribution in [0.4, 0.5) is 15.3 Å². The molecule has 17 nitrogen and oxygen atoms in total. The summed E-state index contributed by atoms with van der Waals surface area (Å²) in [6.45, 7) is 11.4. The highest BCUT2D eigenvalue weighted by atomic mass is 16.6. The molecule has 1 saturated carbocycles. The maximum absolute atomic E-state index is 13.5. The molecule has 59 heavy (non-hydrogen) atoms. The largest absolute Gasteiger partial charge is 0.465 e. The molecule has 324 valence electrons. The summed E-state index contributed by atoms with van der Waals surface area (Å²) >= 11 is 0. The first-order valence-corrected chi connectivity index (χ1v) is 20.3. The molecule has 1 saturated heterocycles. The van der Waals surface area contributed by atoms with Gasteiger partial charge in [-0.15, -0.1) is 0 Å². The number of amides is 4. The van der Waals surface area contributed by atoms with Crippen LogP contribution in [0.5, 0.6) is 0 Å². The van der Waals surface area contributed by atoms with E-state index in [0.29, 0.717) is 41.8 Å². The van der Waals surface area contributed by atoms with Gasteiger partial charge in [0.15, 0.2) is 5.78 Å². The van der Waals surface area contributed by atoms with Crippen LogP contribution in [0.3, 0.4) is 0 Å². The molecule has 4 amide bonds. The van der Waals surface area contributed by atoms with Crippen molar-refractivity contribution in [2.45, 2.75) is 104 Å². The highest BCUT2D eigenvalue weighted by molar-refractivity contribution is 6.05. The number of carbonyl (C=O) groups excluding carboxylic acids is 6. The number of nitrogens with zero attached hydrogens (tertiary/aromatic N) is 2. The number of anilines is 1. The topological polar surface area (TPSA) is 237 Å². The van der Waals surface area contributed by atoms with Crippen LogP contribution in [-0.2, 0) is 44.7 Å². The van der Waals surface area contributed by atoms with E-state index in [9.17, 15) is 28.8 Å². The molecule has 3 unspecified atom stereocenters. The number of fused-ring (bicyclic) bond motifs is 1. The normalized spacial score (nSPS) is 24.7. The Labute approximate surface area is 345 Å². The molecule has 0 aromatic heterocycles. The van der Waals surface area contributed by atoms with Gasteiger partial charge in [0.25, 0.3) is 0 Å². The zero-order valence-corrected chi connectivity index (χ0v) is 35.4. The molecule has 4 aliphatic rings. The molecular formula is C42H61N7O10. The number of nitrogens with one attached hydrogen (secondary N) is 3. The summed E-state index contributed by atoms with van der Waals surface area (Å²) in [4.78, 5) is 80.4. The molecule has 17 heteroatoms. The molecule has 1 aliphatic heterocycles. The number of nitrogens with two attached hydrogens (primary N) is 2. The van der Waals surface area contributed by atoms with Crippen LogP contribution in [0.1, 0.15) is 72.8 Å². The summed E-state index contributed by atoms with van der Waals surface area (Å²) < 4.78 is 22.2. The van der Waals surface area contributed by atoms with Gasteiger partial charge in [0.2, 0.25) is 11.8 Å². The van der Waals surface area contributed by atoms with Gasteiger partial charge in [0.05, 0.1) is 11.5 Å². The number of epoxide rings is 1. The van der Waals surface area contributed by atoms with Crippen LogP contribution in [0.2, 0.25) is 0 Å². The van der Waals surface area contributed by atoms with Crippen LogP contribution < -0.4 is 27.4 Å². The first kappa shape index (κ1) is 45.2. The van der Waals surface area contributed by atoms with Crippen LogP contribution in [-0.4, -0.2) is 117 Å². The molecular weight excluding hydrogens is 763 g/mol. The molecule has 0 radical (unpaired) electrons. The quantitative estimate of drug-likeness (QED) is 0.0621. The number of hydrogen-bond acceptors (Lipinski definition) is 13. The Morgan fingerprint density at radius 2 is 1.63 bits per heavy atom. The number of carbonyl (C=O) groups is 6. The number of ether oxygens (including phenoxy) is 4. The van der Waals surface area contributed by atoms with E-state index in [4.69, 9.17) is 30.4 Å². The van der Waals surface area contributed by atoms with E-state index in [0.717, 1.165) is 18.4 Å². The zero-order chi connectivity index (χ0) is 43.4. The molecule has 1 aromatic rings. The van der Waals surface area contributed by atoms with Gasteiger partial charge in [-0.3, -0.25) is 24.5 Å². The average Bonchev–Trinajstić information content (AvgIpc) is 4.12. The van der Waals surface area contributed by atoms with E-state index in [1.54, 1.807) is 44.4 Å². The Bertz CT molecular complexity index is 1840. The van der Waals surface area contributed by atoms with Gasteiger partial charge in [-0.25, -0.2) is 9.59 Å². The fraction of sp³-hybridized carbons (Fsp3) is 0.619. The third kappa shape index (κ3) is 10.7. The van der Waals surface area contributed by atoms with E-state index in [2.05, 4.69) is 16.0 Å². The lowest BCUT2D eigenvalue weighted by molar-refractivity contribution is -0.144. The van der Waals surface area contributed by atoms with Crippen LogP contribution in [0, 0.1) is 22.7 Å². The average molecular weight is 824 g/mol. The summed E-state index contributed by atoms with van der Waals surface area (Å²) in [7, 11) is 3.11. The highest BCUT2D eigenvalue weighted by Crippen LogP contribution is 2.64. The van der Waals surface area contributed by atoms with Gasteiger partial charge in [0.1, 0.15) is 37.8 Å². The number of allylic oxidation sites excluding steroid dienone is 1. The van der Waals surface area contributed by atoms with E-state index in [-0.39, 0.29) is 61.8 Å². The van der Waals surface area contributed by atoms with Crippen molar-refractivity contribution in [1.82, 2.24) is 20.4 Å². The number of esters is 1. The van der Waals surface area contributed by atoms with Crippen molar-refractivity contribution in [3.63, 3.8) is 0 Å². The number of hydrogen-bond donors (Lipinski definition) is 5. The third-order valence-corrected chi connectivity index (χ3v) is 12.0. The minimum atomic E-state index is -0.949. The first-order valence-electron chi connectivity index (χ1n) is 20.3. The smallest absolute Gasteiger partial charge is 0.410 e. The second kappa shape index (κ2) is 18.6. The Morgan fingerprint density at radius 3 is 2.20 bits per heavy atom. The minimum absolute atomic E-state index is 0.0109. The second-order valence-electron chi connectivity index (χ2n) is 16.9. The summed E-state index contributed by atoms with van der Waals surface area (Å²) in [5, 5.41) is 8.74. The van der Waals surface area contributed by atoms with Crippen molar-refractivity contribution in [3.05, 3.63) is 52.6 Å². The van der Waals surface area contributed by atoms with Gasteiger partial charge < -0.3 is 50.8 Å². The standard InChI is InChI=1S/C42H61N7O10/c1-23(2)32(43)37(53)47-30(10-9-17-45-38-35(44)59-38)36(52)46-28-13-11-27(12-14-28)21-56-39(54)48(7)18-19-49(8)40(55)58-34-31-24(3)42(15-16-42)25(4)33(51)29(31)20-41(34,6)22-57-26(5)50/h11-14,20,23,25,30,32,34-35,38,45H,9-10,15-19,21-22,43-44H2,1-8H3,(H,46,52)(H,47,53)/t25-,30+,32+,34?,35?,38-,41?/m1/s1. The molecule has 5 rings (SSSR count). The Hall–Kier alpha value is -4.84. The van der Waals surface area contributed by atoms with E-state index < -0.39 is 53.6 Å². The zero-order valence-electron chi connectivity index (χ0n) is 35.4. The predicted octanol–water partition coefficient (Wildman–Crippen LogP) is 2.93. The molecule has 7 atom stereocenters. The van der Waals surface area contributed by atoms with Gasteiger partial charge >= 0.3 is 18.2 Å². The fourth-order valence-corrected chi connectivity index (χ4v) is 7.67. The van der Waals surface area contributed by atoms with Crippen molar-refractivity contribution in [2.24, 2.45) is 34.1 Å². The van der Waals surface area contributed by atoms with Gasteiger partial charge in [-0.2, -0.15) is 0 Å². The van der Waals surface area contributed by atoms with Crippen LogP contribution in [0.15, 0.2) is 47.1 Å². The molecule has 1 spiro atoms. The summed E-state index contributed by atoms with van der Waals surface area (Å²) in [6, 6.07) is 5.16. The maximum Gasteiger partial charge on any atom is 0.410 e. The summed E-state index contributed by atoms with van der Waals surface area (Å²) in [5.41, 5.74) is 13.9. The van der Waals surface area contributed by atoms with Gasteiger partial charge in [0, 0.05) is 62.3 Å². The number of likely N-dealkylation sites (N-methyl/N-ethyl adjacent to an activating group) is 2. The number of ketones is 1. The Morgan fingerprint density at radius 1 is 1.00 bits per heavy atom. The summed E-state index contributed by atoms with van der Waals surface area (Å²) in [6.07, 6.45) is 1.85. The van der Waals surface area contributed by atoms with Gasteiger partial charge in [-0.1, -0.05) is 44.6 Å². The molecule has 2 fully saturated rings. The van der Waals surface area contributed by atoms with Crippen LogP contribution >= 0.6 is 0 Å². The van der Waals surface area contributed by atoms with Crippen LogP contribution in [0.25, 0.3) is 0 Å². The lowest BCUT2D eigenvalue weighted by Crippen LogP contribution is -2.51. The van der Waals surface area contributed by atoms with E-state index in [1.807, 2.05) is 34.6 Å². The fourth-order valence-electron chi connectivity index (χ4n) is 7.67. The summed E-state index contributed by atoms with van der Waals surface area (Å²) in [5.74, 6) is -1.58. The van der Waals surface area contributed by atoms with Crippen molar-refractivity contribution in [3.8, 4) is 0 Å². The Balaban J connectivity index is 1.10. The molecule has 0 bridgehead atoms. The van der Waals surface area contributed by atoms with Crippen molar-refractivity contribution in [1.29, 1.82) is 0 Å². The monoisotopic (exact) mass is 823 g/mol. The number of Topliss-reactive ketones (excluding diaryl/α,β-unsaturated/α-hetero) is 1. The predicted molar refractivity (Wildman–Crippen MR) is 217 cm³/mol. The Kier molecular flexibility index (Phi) is 14.3. The number of rotatable bonds is 18. The minimum Gasteiger partial charge on any atom is -0.465 e. The maximum atomic E-state index is 13.5. The lowest BCUT2D eigenvalue weighted by atomic mass is 9.70. The molecule has 1 aromatic carbocycles. The molecule has 7 N–H and O–H groups in total. The molecule has 3 aliphatic carbocycles. The van der Waals surface area contributed by atoms with E-state index in [1.165, 1.54) is 16.7 Å². The van der Waals surface area contributed by atoms with Crippen molar-refractivity contribution >= 4 is 41.4 Å². The highest BCUT2D eigenvalue weighted by Gasteiger charge is 2.60. The second-order valence-corrected chi connectivity index (χ2v) is 16.9. The van der Waals surface area contributed by atoms with Gasteiger partial charge in [-0.05, 0) is 69.7 Å².